The number of hydrogen-bond donors (Lipinski definition) is 2. The van der Waals surface area contributed by atoms with E-state index in [1.165, 1.54) is 55.7 Å². The molecule has 0 spiro atoms. The molecule has 2 rings (SSSR count). The molecular formula is C34H59N3O6S2. The van der Waals surface area contributed by atoms with Crippen molar-refractivity contribution in [3.8, 4) is 0 Å². The summed E-state index contributed by atoms with van der Waals surface area (Å²) in [6.07, 6.45) is 19.1. The van der Waals surface area contributed by atoms with Crippen molar-refractivity contribution in [1.29, 1.82) is 0 Å². The lowest BCUT2D eigenvalue weighted by Crippen LogP contribution is -2.57. The second kappa shape index (κ2) is 21.1. The number of carbonyl (C=O) groups is 3. The highest BCUT2D eigenvalue weighted by molar-refractivity contribution is 8.04. The maximum absolute atomic E-state index is 14.3. The number of amides is 2. The molecule has 0 aromatic carbocycles. The Balaban J connectivity index is 2.14. The second-order valence-corrected chi connectivity index (χ2v) is 15.8. The van der Waals surface area contributed by atoms with Gasteiger partial charge in [-0.25, -0.2) is 8.42 Å². The zero-order chi connectivity index (χ0) is 33.2. The lowest BCUT2D eigenvalue weighted by molar-refractivity contribution is -0.143. The quantitative estimate of drug-likeness (QED) is 0.114. The molecule has 1 aliphatic heterocycles. The van der Waals surface area contributed by atoms with Gasteiger partial charge in [0.15, 0.2) is 0 Å². The monoisotopic (exact) mass is 669 g/mol. The van der Waals surface area contributed by atoms with Crippen LogP contribution >= 0.6 is 11.8 Å². The van der Waals surface area contributed by atoms with Crippen molar-refractivity contribution in [3.63, 3.8) is 0 Å². The average Bonchev–Trinajstić information content (AvgIpc) is 3.54. The minimum absolute atomic E-state index is 0.135. The van der Waals surface area contributed by atoms with Gasteiger partial charge in [-0.15, -0.1) is 11.8 Å². The first kappa shape index (κ1) is 39.3. The summed E-state index contributed by atoms with van der Waals surface area (Å²) in [6.45, 7) is 8.85. The SMILES string of the molecule is CCCCCCCCCCCCSC1=C(S(=O)(=O)N(CCC)C(C(=O)N[C@@H](CC(=O)O)C(=O)N2CCCC2)C(C)C)C=CCC1. The number of carboxylic acid groups (broad SMARTS) is 1. The van der Waals surface area contributed by atoms with E-state index in [0.717, 1.165) is 42.8 Å². The van der Waals surface area contributed by atoms with E-state index in [9.17, 15) is 27.9 Å². The number of carboxylic acids is 1. The molecule has 258 valence electrons. The van der Waals surface area contributed by atoms with Crippen LogP contribution in [-0.4, -0.2) is 78.0 Å². The van der Waals surface area contributed by atoms with Crippen LogP contribution in [-0.2, 0) is 24.4 Å². The lowest BCUT2D eigenvalue weighted by atomic mass is 10.0. The highest BCUT2D eigenvalue weighted by Gasteiger charge is 2.41. The summed E-state index contributed by atoms with van der Waals surface area (Å²) in [5, 5.41) is 12.1. The van der Waals surface area contributed by atoms with E-state index in [0.29, 0.717) is 25.9 Å². The molecule has 0 bridgehead atoms. The fraction of sp³-hybridized carbons (Fsp3) is 0.794. The summed E-state index contributed by atoms with van der Waals surface area (Å²) < 4.78 is 29.9. The molecule has 0 radical (unpaired) electrons. The molecule has 45 heavy (non-hydrogen) atoms. The highest BCUT2D eigenvalue weighted by Crippen LogP contribution is 2.35. The van der Waals surface area contributed by atoms with Crippen LogP contribution in [0.5, 0.6) is 0 Å². The van der Waals surface area contributed by atoms with Crippen LogP contribution in [0.4, 0.5) is 0 Å². The molecule has 11 heteroatoms. The fourth-order valence-corrected chi connectivity index (χ4v) is 9.62. The van der Waals surface area contributed by atoms with Crippen LogP contribution in [0.1, 0.15) is 130 Å². The molecule has 1 aliphatic carbocycles. The number of nitrogens with one attached hydrogen (secondary N) is 1. The maximum atomic E-state index is 14.3. The van der Waals surface area contributed by atoms with Crippen molar-refractivity contribution in [3.05, 3.63) is 22.0 Å². The van der Waals surface area contributed by atoms with E-state index in [1.807, 2.05) is 13.0 Å². The molecule has 0 aromatic heterocycles. The second-order valence-electron chi connectivity index (χ2n) is 12.8. The largest absolute Gasteiger partial charge is 0.481 e. The number of thioether (sulfide) groups is 1. The number of hydrogen-bond acceptors (Lipinski definition) is 6. The average molecular weight is 670 g/mol. The zero-order valence-electron chi connectivity index (χ0n) is 28.2. The van der Waals surface area contributed by atoms with Gasteiger partial charge in [0, 0.05) is 24.5 Å². The third kappa shape index (κ3) is 13.1. The van der Waals surface area contributed by atoms with E-state index < -0.39 is 52.2 Å². The third-order valence-electron chi connectivity index (χ3n) is 8.51. The van der Waals surface area contributed by atoms with Gasteiger partial charge in [0.2, 0.25) is 21.8 Å². The number of allylic oxidation sites excluding steroid dienone is 3. The van der Waals surface area contributed by atoms with Gasteiger partial charge in [-0.3, -0.25) is 14.4 Å². The molecule has 1 heterocycles. The van der Waals surface area contributed by atoms with Crippen LogP contribution in [0.25, 0.3) is 0 Å². The van der Waals surface area contributed by atoms with Crippen LogP contribution < -0.4 is 5.32 Å². The van der Waals surface area contributed by atoms with Gasteiger partial charge in [0.05, 0.1) is 11.3 Å². The lowest BCUT2D eigenvalue weighted by Gasteiger charge is -2.34. The Morgan fingerprint density at radius 2 is 1.56 bits per heavy atom. The van der Waals surface area contributed by atoms with Crippen LogP contribution in [0.2, 0.25) is 0 Å². The summed E-state index contributed by atoms with van der Waals surface area (Å²) in [5.41, 5.74) is 0. The molecule has 0 aromatic rings. The van der Waals surface area contributed by atoms with Gasteiger partial charge < -0.3 is 15.3 Å². The molecule has 1 unspecified atom stereocenters. The molecule has 2 N–H and O–H groups in total. The number of carbonyl (C=O) groups excluding carboxylic acids is 2. The number of rotatable bonds is 23. The fourth-order valence-electron chi connectivity index (χ4n) is 6.09. The van der Waals surface area contributed by atoms with Gasteiger partial charge in [0.1, 0.15) is 12.1 Å². The number of likely N-dealkylation sites (tertiary alicyclic amines) is 1. The molecule has 2 aliphatic rings. The topological polar surface area (TPSA) is 124 Å². The highest BCUT2D eigenvalue weighted by atomic mass is 32.2. The van der Waals surface area contributed by atoms with Crippen molar-refractivity contribution >= 4 is 39.6 Å². The molecule has 9 nitrogen and oxygen atoms in total. The molecule has 0 saturated carbocycles. The Labute approximate surface area is 277 Å². The van der Waals surface area contributed by atoms with E-state index in [-0.39, 0.29) is 11.4 Å². The standard InChI is InChI=1S/C34H59N3O6S2/c1-5-7-8-9-10-11-12-13-14-19-25-44-29-20-15-16-21-30(29)45(42,43)37(22-6-2)32(27(3)4)33(40)35-28(26-31(38)39)34(41)36-23-17-18-24-36/h16,21,27-28,32H,5-15,17-20,22-26H2,1-4H3,(H,35,40)(H,38,39)/t28-,32?/m0/s1. The van der Waals surface area contributed by atoms with Gasteiger partial charge in [-0.2, -0.15) is 4.31 Å². The normalized spacial score (nSPS) is 16.9. The van der Waals surface area contributed by atoms with Crippen molar-refractivity contribution in [1.82, 2.24) is 14.5 Å². The van der Waals surface area contributed by atoms with Gasteiger partial charge in [0.25, 0.3) is 0 Å². The predicted molar refractivity (Wildman–Crippen MR) is 184 cm³/mol. The Morgan fingerprint density at radius 3 is 2.11 bits per heavy atom. The van der Waals surface area contributed by atoms with E-state index in [1.54, 1.807) is 36.6 Å². The molecular weight excluding hydrogens is 611 g/mol. The Hall–Kier alpha value is -1.85. The maximum Gasteiger partial charge on any atom is 0.305 e. The number of unbranched alkanes of at least 4 members (excludes halogenated alkanes) is 9. The minimum Gasteiger partial charge on any atom is -0.481 e. The van der Waals surface area contributed by atoms with E-state index in [4.69, 9.17) is 0 Å². The number of aliphatic carboxylic acids is 1. The zero-order valence-corrected chi connectivity index (χ0v) is 29.9. The smallest absolute Gasteiger partial charge is 0.305 e. The Kier molecular flexibility index (Phi) is 18.4. The van der Waals surface area contributed by atoms with E-state index >= 15 is 0 Å². The Bertz CT molecular complexity index is 1100. The van der Waals surface area contributed by atoms with Crippen LogP contribution in [0.15, 0.2) is 22.0 Å². The van der Waals surface area contributed by atoms with Crippen LogP contribution in [0, 0.1) is 5.92 Å². The van der Waals surface area contributed by atoms with Crippen molar-refractivity contribution < 1.29 is 27.9 Å². The molecule has 1 fully saturated rings. The van der Waals surface area contributed by atoms with Crippen molar-refractivity contribution in [2.45, 2.75) is 143 Å². The van der Waals surface area contributed by atoms with Crippen LogP contribution in [0.3, 0.4) is 0 Å². The predicted octanol–water partition coefficient (Wildman–Crippen LogP) is 6.85. The summed E-state index contributed by atoms with van der Waals surface area (Å²) in [7, 11) is -4.05. The molecule has 1 saturated heterocycles. The Morgan fingerprint density at radius 1 is 0.956 bits per heavy atom. The first-order chi connectivity index (χ1) is 21.5. The summed E-state index contributed by atoms with van der Waals surface area (Å²) in [5.74, 6) is -1.82. The number of sulfonamides is 1. The van der Waals surface area contributed by atoms with E-state index in [2.05, 4.69) is 12.2 Å². The number of nitrogens with zero attached hydrogens (tertiary/aromatic N) is 2. The minimum atomic E-state index is -4.05. The summed E-state index contributed by atoms with van der Waals surface area (Å²) in [6, 6.07) is -2.34. The molecule has 2 amide bonds. The van der Waals surface area contributed by atoms with Crippen molar-refractivity contribution in [2.75, 3.05) is 25.4 Å². The van der Waals surface area contributed by atoms with Crippen molar-refractivity contribution in [2.24, 2.45) is 5.92 Å². The van der Waals surface area contributed by atoms with Gasteiger partial charge in [-0.05, 0) is 56.3 Å². The first-order valence-electron chi connectivity index (χ1n) is 17.4. The first-order valence-corrected chi connectivity index (χ1v) is 19.8. The van der Waals surface area contributed by atoms with Gasteiger partial charge >= 0.3 is 5.97 Å². The van der Waals surface area contributed by atoms with Gasteiger partial charge in [-0.1, -0.05) is 91.6 Å². The molecule has 2 atom stereocenters. The summed E-state index contributed by atoms with van der Waals surface area (Å²) >= 11 is 1.62. The third-order valence-corrected chi connectivity index (χ3v) is 11.9. The summed E-state index contributed by atoms with van der Waals surface area (Å²) in [4.78, 5) is 41.2.